The minimum atomic E-state index is -0.434. The summed E-state index contributed by atoms with van der Waals surface area (Å²) in [7, 11) is 0. The number of aryl methyl sites for hydroxylation is 2. The first-order valence-electron chi connectivity index (χ1n) is 8.02. The van der Waals surface area contributed by atoms with Gasteiger partial charge in [-0.25, -0.2) is 4.79 Å². The lowest BCUT2D eigenvalue weighted by molar-refractivity contribution is -0.125. The Morgan fingerprint density at radius 1 is 1.17 bits per heavy atom. The van der Waals surface area contributed by atoms with E-state index in [1.54, 1.807) is 0 Å². The molecule has 126 valence electrons. The number of hydrogen-bond acceptors (Lipinski definition) is 4. The molecule has 0 spiro atoms. The molecule has 1 aliphatic carbocycles. The highest BCUT2D eigenvalue weighted by atomic mass is 32.1. The summed E-state index contributed by atoms with van der Waals surface area (Å²) in [5, 5.41) is 2.78. The Bertz CT molecular complexity index is 786. The summed E-state index contributed by atoms with van der Waals surface area (Å²) in [6, 6.07) is 10.2. The number of thiophene rings is 1. The molecule has 0 radical (unpaired) electrons. The van der Waals surface area contributed by atoms with Gasteiger partial charge in [0.2, 0.25) is 0 Å². The molecular formula is C19H21NO3S. The van der Waals surface area contributed by atoms with Gasteiger partial charge in [-0.05, 0) is 56.4 Å². The van der Waals surface area contributed by atoms with Crippen LogP contribution in [-0.4, -0.2) is 24.0 Å². The standard InChI is InChI=1S/C19H21NO3S/c1-19(2,3)20-16(21)11-23-18(22)15-10-13-9-8-12-6-4-5-7-14(12)17(13)24-15/h4-7,10H,8-9,11H2,1-3H3,(H,20,21). The Hall–Kier alpha value is -2.14. The number of ether oxygens (including phenoxy) is 1. The van der Waals surface area contributed by atoms with Crippen LogP contribution in [0, 0.1) is 0 Å². The fourth-order valence-electron chi connectivity index (χ4n) is 2.83. The second kappa shape index (κ2) is 6.40. The van der Waals surface area contributed by atoms with Crippen molar-refractivity contribution in [1.29, 1.82) is 0 Å². The molecule has 3 rings (SSSR count). The summed E-state index contributed by atoms with van der Waals surface area (Å²) >= 11 is 1.44. The second-order valence-electron chi connectivity index (χ2n) is 7.00. The number of carbonyl (C=O) groups excluding carboxylic acids is 2. The van der Waals surface area contributed by atoms with Crippen LogP contribution in [0.2, 0.25) is 0 Å². The molecule has 2 aromatic rings. The number of benzene rings is 1. The molecule has 5 heteroatoms. The predicted octanol–water partition coefficient (Wildman–Crippen LogP) is 3.59. The number of fused-ring (bicyclic) bond motifs is 3. The van der Waals surface area contributed by atoms with Gasteiger partial charge in [-0.1, -0.05) is 24.3 Å². The van der Waals surface area contributed by atoms with E-state index >= 15 is 0 Å². The summed E-state index contributed by atoms with van der Waals surface area (Å²) in [4.78, 5) is 25.7. The van der Waals surface area contributed by atoms with Gasteiger partial charge in [0.1, 0.15) is 4.88 Å². The van der Waals surface area contributed by atoms with Gasteiger partial charge in [0.15, 0.2) is 6.61 Å². The molecule has 0 saturated heterocycles. The average Bonchev–Trinajstić information content (AvgIpc) is 2.95. The fraction of sp³-hybridized carbons (Fsp3) is 0.368. The van der Waals surface area contributed by atoms with E-state index in [-0.39, 0.29) is 18.1 Å². The first kappa shape index (κ1) is 16.7. The first-order valence-corrected chi connectivity index (χ1v) is 8.84. The molecule has 1 aliphatic rings. The van der Waals surface area contributed by atoms with E-state index in [1.165, 1.54) is 28.0 Å². The van der Waals surface area contributed by atoms with Gasteiger partial charge in [0.05, 0.1) is 0 Å². The van der Waals surface area contributed by atoms with Gasteiger partial charge >= 0.3 is 5.97 Å². The van der Waals surface area contributed by atoms with Crippen LogP contribution in [0.15, 0.2) is 30.3 Å². The summed E-state index contributed by atoms with van der Waals surface area (Å²) in [5.74, 6) is -0.724. The summed E-state index contributed by atoms with van der Waals surface area (Å²) in [6.45, 7) is 5.40. The maximum Gasteiger partial charge on any atom is 0.348 e. The SMILES string of the molecule is CC(C)(C)NC(=O)COC(=O)c1cc2c(s1)-c1ccccc1CC2. The van der Waals surface area contributed by atoms with Crippen molar-refractivity contribution >= 4 is 23.2 Å². The quantitative estimate of drug-likeness (QED) is 0.867. The number of nitrogens with one attached hydrogen (secondary N) is 1. The Labute approximate surface area is 145 Å². The lowest BCUT2D eigenvalue weighted by atomic mass is 9.91. The van der Waals surface area contributed by atoms with Crippen LogP contribution in [0.3, 0.4) is 0 Å². The molecule has 1 N–H and O–H groups in total. The second-order valence-corrected chi connectivity index (χ2v) is 8.05. The molecule has 1 aromatic carbocycles. The largest absolute Gasteiger partial charge is 0.451 e. The third-order valence-corrected chi connectivity index (χ3v) is 4.98. The van der Waals surface area contributed by atoms with Crippen molar-refractivity contribution in [1.82, 2.24) is 5.32 Å². The van der Waals surface area contributed by atoms with Crippen molar-refractivity contribution in [2.45, 2.75) is 39.2 Å². The minimum absolute atomic E-state index is 0.255. The van der Waals surface area contributed by atoms with Crippen molar-refractivity contribution in [3.63, 3.8) is 0 Å². The normalized spacial score (nSPS) is 13.0. The zero-order valence-electron chi connectivity index (χ0n) is 14.1. The number of amides is 1. The number of esters is 1. The van der Waals surface area contributed by atoms with Crippen molar-refractivity contribution in [3.05, 3.63) is 46.3 Å². The zero-order chi connectivity index (χ0) is 17.3. The minimum Gasteiger partial charge on any atom is -0.451 e. The first-order chi connectivity index (χ1) is 11.3. The molecule has 1 amide bonds. The molecule has 0 fully saturated rings. The fourth-order valence-corrected chi connectivity index (χ4v) is 3.99. The van der Waals surface area contributed by atoms with Crippen LogP contribution in [-0.2, 0) is 22.4 Å². The van der Waals surface area contributed by atoms with Crippen molar-refractivity contribution in [2.75, 3.05) is 6.61 Å². The highest BCUT2D eigenvalue weighted by molar-refractivity contribution is 7.17. The molecule has 4 nitrogen and oxygen atoms in total. The third kappa shape index (κ3) is 3.67. The molecule has 0 bridgehead atoms. The van der Waals surface area contributed by atoms with E-state index in [9.17, 15) is 9.59 Å². The van der Waals surface area contributed by atoms with Crippen molar-refractivity contribution < 1.29 is 14.3 Å². The molecule has 0 aliphatic heterocycles. The van der Waals surface area contributed by atoms with Crippen LogP contribution >= 0.6 is 11.3 Å². The molecule has 24 heavy (non-hydrogen) atoms. The molecule has 1 heterocycles. The number of carbonyl (C=O) groups is 2. The molecule has 0 saturated carbocycles. The van der Waals surface area contributed by atoms with Crippen LogP contribution < -0.4 is 5.32 Å². The highest BCUT2D eigenvalue weighted by Crippen LogP contribution is 2.39. The zero-order valence-corrected chi connectivity index (χ0v) is 15.0. The van der Waals surface area contributed by atoms with Crippen molar-refractivity contribution in [3.8, 4) is 10.4 Å². The molecule has 0 unspecified atom stereocenters. The molecule has 0 atom stereocenters. The van der Waals surface area contributed by atoms with Gasteiger partial charge < -0.3 is 10.1 Å². The van der Waals surface area contributed by atoms with Gasteiger partial charge in [0, 0.05) is 10.4 Å². The van der Waals surface area contributed by atoms with Crippen LogP contribution in [0.4, 0.5) is 0 Å². The lowest BCUT2D eigenvalue weighted by Crippen LogP contribution is -2.42. The summed E-state index contributed by atoms with van der Waals surface area (Å²) in [5.41, 5.74) is 3.37. The van der Waals surface area contributed by atoms with E-state index in [0.29, 0.717) is 4.88 Å². The Morgan fingerprint density at radius 3 is 2.62 bits per heavy atom. The van der Waals surface area contributed by atoms with Gasteiger partial charge in [-0.15, -0.1) is 11.3 Å². The number of rotatable bonds is 3. The van der Waals surface area contributed by atoms with Crippen LogP contribution in [0.25, 0.3) is 10.4 Å². The van der Waals surface area contributed by atoms with E-state index < -0.39 is 5.97 Å². The Kier molecular flexibility index (Phi) is 4.45. The summed E-state index contributed by atoms with van der Waals surface area (Å²) in [6.07, 6.45) is 1.92. The summed E-state index contributed by atoms with van der Waals surface area (Å²) < 4.78 is 5.16. The van der Waals surface area contributed by atoms with Gasteiger partial charge in [-0.2, -0.15) is 0 Å². The van der Waals surface area contributed by atoms with Gasteiger partial charge in [0.25, 0.3) is 5.91 Å². The number of hydrogen-bond donors (Lipinski definition) is 1. The van der Waals surface area contributed by atoms with Crippen LogP contribution in [0.1, 0.15) is 41.6 Å². The monoisotopic (exact) mass is 343 g/mol. The van der Waals surface area contributed by atoms with E-state index in [4.69, 9.17) is 4.74 Å². The molecule has 1 aromatic heterocycles. The third-order valence-electron chi connectivity index (χ3n) is 3.78. The Balaban J connectivity index is 1.70. The predicted molar refractivity (Wildman–Crippen MR) is 95.3 cm³/mol. The molecular weight excluding hydrogens is 322 g/mol. The smallest absolute Gasteiger partial charge is 0.348 e. The maximum atomic E-state index is 12.3. The average molecular weight is 343 g/mol. The highest BCUT2D eigenvalue weighted by Gasteiger charge is 2.22. The topological polar surface area (TPSA) is 55.4 Å². The van der Waals surface area contributed by atoms with Crippen LogP contribution in [0.5, 0.6) is 0 Å². The van der Waals surface area contributed by atoms with E-state index in [2.05, 4.69) is 17.4 Å². The van der Waals surface area contributed by atoms with Gasteiger partial charge in [-0.3, -0.25) is 4.79 Å². The Morgan fingerprint density at radius 2 is 1.88 bits per heavy atom. The van der Waals surface area contributed by atoms with E-state index in [1.807, 2.05) is 39.0 Å². The maximum absolute atomic E-state index is 12.3. The lowest BCUT2D eigenvalue weighted by Gasteiger charge is -2.20. The van der Waals surface area contributed by atoms with Crippen molar-refractivity contribution in [2.24, 2.45) is 0 Å². The van der Waals surface area contributed by atoms with E-state index in [0.717, 1.165) is 17.7 Å².